The third-order valence-electron chi connectivity index (χ3n) is 12.5. The van der Waals surface area contributed by atoms with Crippen LogP contribution in [0.15, 0.2) is 115 Å². The SMILES string of the molecule is CC(C)N(C(C)C)P(OCCC#N)OCCCCCCNC(=O)c1ccc2c(c1)C1(OC2=O)c2ccc(N(CCOc3ccccc3)C(=O)C(F)(F)F)cc2Oc2cc(N(CCOc3ccccc3)C(=O)C(F)(F)F)ccc21. The molecule has 0 radical (unpaired) electrons. The topological polar surface area (TPSA) is 169 Å². The first kappa shape index (κ1) is 58.4. The molecule has 2 heterocycles. The maximum Gasteiger partial charge on any atom is 0.471 e. The Hall–Kier alpha value is -7.24. The highest BCUT2D eigenvalue weighted by molar-refractivity contribution is 7.44. The second-order valence-electron chi connectivity index (χ2n) is 18.6. The molecule has 1 spiro atoms. The molecule has 5 aromatic rings. The van der Waals surface area contributed by atoms with Crippen LogP contribution in [0.3, 0.4) is 0 Å². The first-order chi connectivity index (χ1) is 37.2. The van der Waals surface area contributed by atoms with Crippen LogP contribution in [-0.4, -0.2) is 98.9 Å². The Morgan fingerprint density at radius 3 is 1.67 bits per heavy atom. The number of unbranched alkanes of at least 4 members (excludes halogenated alkanes) is 3. The molecule has 5 aromatic carbocycles. The van der Waals surface area contributed by atoms with Gasteiger partial charge in [0.05, 0.1) is 44.4 Å². The molecule has 414 valence electrons. The molecule has 3 amide bonds. The number of para-hydroxylation sites is 2. The Labute approximate surface area is 448 Å². The minimum absolute atomic E-state index is 0.0105. The Balaban J connectivity index is 1.18. The molecule has 2 aliphatic heterocycles. The molecule has 1 N–H and O–H groups in total. The van der Waals surface area contributed by atoms with E-state index in [9.17, 15) is 45.5 Å². The number of nitrogens with one attached hydrogen (secondary N) is 1. The molecule has 78 heavy (non-hydrogen) atoms. The molecule has 15 nitrogen and oxygen atoms in total. The van der Waals surface area contributed by atoms with Crippen molar-refractivity contribution in [1.82, 2.24) is 9.99 Å². The highest BCUT2D eigenvalue weighted by Crippen LogP contribution is 2.57. The van der Waals surface area contributed by atoms with E-state index in [2.05, 4.69) is 43.8 Å². The number of hydrogen-bond donors (Lipinski definition) is 1. The zero-order valence-electron chi connectivity index (χ0n) is 43.2. The number of halogens is 6. The fourth-order valence-corrected chi connectivity index (χ4v) is 10.7. The third kappa shape index (κ3) is 13.9. The van der Waals surface area contributed by atoms with Crippen molar-refractivity contribution in [1.29, 1.82) is 5.26 Å². The number of ether oxygens (including phenoxy) is 4. The molecule has 0 aromatic heterocycles. The third-order valence-corrected chi connectivity index (χ3v) is 14.6. The van der Waals surface area contributed by atoms with Gasteiger partial charge in [0.25, 0.3) is 14.4 Å². The normalized spacial score (nSPS) is 13.7. The summed E-state index contributed by atoms with van der Waals surface area (Å²) in [6.45, 7) is 7.17. The number of alkyl halides is 6. The van der Waals surface area contributed by atoms with Gasteiger partial charge in [-0.2, -0.15) is 31.6 Å². The van der Waals surface area contributed by atoms with Gasteiger partial charge in [-0.1, -0.05) is 49.2 Å². The lowest BCUT2D eigenvalue weighted by Crippen LogP contribution is -2.43. The maximum atomic E-state index is 14.3. The molecule has 1 atom stereocenters. The van der Waals surface area contributed by atoms with Gasteiger partial charge in [0, 0.05) is 64.4 Å². The number of amides is 3. The Morgan fingerprint density at radius 2 is 1.17 bits per heavy atom. The van der Waals surface area contributed by atoms with Gasteiger partial charge in [-0.05, 0) is 107 Å². The fourth-order valence-electron chi connectivity index (χ4n) is 9.06. The zero-order valence-corrected chi connectivity index (χ0v) is 44.1. The predicted molar refractivity (Wildman–Crippen MR) is 277 cm³/mol. The van der Waals surface area contributed by atoms with Crippen molar-refractivity contribution in [3.8, 4) is 29.1 Å². The molecule has 0 bridgehead atoms. The number of nitriles is 1. The van der Waals surface area contributed by atoms with Crippen molar-refractivity contribution < 1.29 is 73.5 Å². The van der Waals surface area contributed by atoms with Crippen LogP contribution < -0.4 is 29.3 Å². The standard InChI is InChI=1S/C56H58F6N5O10P/c1-37(2)67(38(3)4)78(75-31-15-26-63)74-30-14-6-5-13-27-64-50(68)39-20-23-44-47(34-39)54(77-51(44)69)45-24-21-40(65(52(70)55(57,58)59)28-32-72-42-16-9-7-10-17-42)35-48(45)76-49-36-41(22-25-46(49)54)66(53(71)56(60,61)62)29-33-73-43-18-11-8-12-19-43/h7-12,16-25,34-38H,5-6,13-15,27-33H2,1-4H3,(H,64,68). The molecule has 1 unspecified atom stereocenters. The van der Waals surface area contributed by atoms with Gasteiger partial charge in [0.1, 0.15) is 36.2 Å². The van der Waals surface area contributed by atoms with Gasteiger partial charge in [0.2, 0.25) is 0 Å². The van der Waals surface area contributed by atoms with Gasteiger partial charge >= 0.3 is 30.1 Å². The van der Waals surface area contributed by atoms with Gasteiger partial charge < -0.3 is 43.1 Å². The largest absolute Gasteiger partial charge is 0.492 e. The van der Waals surface area contributed by atoms with E-state index in [-0.39, 0.29) is 95.6 Å². The summed E-state index contributed by atoms with van der Waals surface area (Å²) < 4.78 is 124. The highest BCUT2D eigenvalue weighted by Gasteiger charge is 2.55. The second-order valence-corrected chi connectivity index (χ2v) is 20.0. The van der Waals surface area contributed by atoms with Crippen molar-refractivity contribution in [3.05, 3.63) is 143 Å². The predicted octanol–water partition coefficient (Wildman–Crippen LogP) is 11.8. The second kappa shape index (κ2) is 25.9. The van der Waals surface area contributed by atoms with E-state index >= 15 is 0 Å². The van der Waals surface area contributed by atoms with Crippen LogP contribution in [0.2, 0.25) is 0 Å². The fraction of sp³-hybridized carbons (Fsp3) is 0.375. The number of esters is 1. The average molecular weight is 1110 g/mol. The summed E-state index contributed by atoms with van der Waals surface area (Å²) in [5.41, 5.74) is -2.49. The number of hydrogen-bond acceptors (Lipinski definition) is 12. The van der Waals surface area contributed by atoms with E-state index in [1.54, 1.807) is 60.7 Å². The summed E-state index contributed by atoms with van der Waals surface area (Å²) in [7, 11) is -1.38. The lowest BCUT2D eigenvalue weighted by atomic mass is 9.77. The Kier molecular flexibility index (Phi) is 19.4. The highest BCUT2D eigenvalue weighted by atomic mass is 31.2. The van der Waals surface area contributed by atoms with Crippen molar-refractivity contribution in [2.24, 2.45) is 0 Å². The summed E-state index contributed by atoms with van der Waals surface area (Å²) in [5, 5.41) is 11.9. The van der Waals surface area contributed by atoms with Crippen molar-refractivity contribution >= 4 is 43.6 Å². The Bertz CT molecular complexity index is 2810. The number of nitrogens with zero attached hydrogens (tertiary/aromatic N) is 4. The summed E-state index contributed by atoms with van der Waals surface area (Å²) in [6.07, 6.45) is -7.65. The average Bonchev–Trinajstić information content (AvgIpc) is 3.90. The maximum absolute atomic E-state index is 14.3. The van der Waals surface area contributed by atoms with Gasteiger partial charge in [0.15, 0.2) is 5.60 Å². The van der Waals surface area contributed by atoms with E-state index in [1.165, 1.54) is 42.5 Å². The van der Waals surface area contributed by atoms with Crippen LogP contribution in [0.1, 0.15) is 97.2 Å². The van der Waals surface area contributed by atoms with Crippen LogP contribution in [0.5, 0.6) is 23.0 Å². The Morgan fingerprint density at radius 1 is 0.654 bits per heavy atom. The zero-order chi connectivity index (χ0) is 56.2. The lowest BCUT2D eigenvalue weighted by Gasteiger charge is -2.38. The van der Waals surface area contributed by atoms with E-state index in [1.807, 2.05) is 0 Å². The molecule has 0 saturated carbocycles. The summed E-state index contributed by atoms with van der Waals surface area (Å²) in [4.78, 5) is 54.9. The quantitative estimate of drug-likeness (QED) is 0.0254. The van der Waals surface area contributed by atoms with Crippen LogP contribution in [-0.2, 0) is 29.0 Å². The monoisotopic (exact) mass is 1110 g/mol. The molecular weight excluding hydrogens is 1050 g/mol. The number of benzene rings is 5. The summed E-state index contributed by atoms with van der Waals surface area (Å²) >= 11 is 0. The summed E-state index contributed by atoms with van der Waals surface area (Å²) in [6, 6.07) is 30.1. The van der Waals surface area contributed by atoms with Crippen LogP contribution >= 0.6 is 8.53 Å². The molecule has 2 aliphatic rings. The van der Waals surface area contributed by atoms with Crippen LogP contribution in [0, 0.1) is 11.3 Å². The number of fused-ring (bicyclic) bond motifs is 6. The molecule has 0 saturated heterocycles. The van der Waals surface area contributed by atoms with Crippen molar-refractivity contribution in [3.63, 3.8) is 0 Å². The minimum Gasteiger partial charge on any atom is -0.492 e. The molecule has 0 aliphatic carbocycles. The smallest absolute Gasteiger partial charge is 0.471 e. The number of anilines is 2. The number of rotatable bonds is 25. The first-order valence-electron chi connectivity index (χ1n) is 25.2. The van der Waals surface area contributed by atoms with Crippen LogP contribution in [0.25, 0.3) is 0 Å². The molecule has 0 fully saturated rings. The van der Waals surface area contributed by atoms with E-state index in [0.717, 1.165) is 25.0 Å². The van der Waals surface area contributed by atoms with Gasteiger partial charge in [-0.25, -0.2) is 9.46 Å². The van der Waals surface area contributed by atoms with Crippen molar-refractivity contribution in [2.45, 2.75) is 89.8 Å². The van der Waals surface area contributed by atoms with Gasteiger partial charge in [-0.3, -0.25) is 14.4 Å². The number of carbonyl (C=O) groups is 4. The molecular formula is C56H58F6N5O10P. The molecule has 7 rings (SSSR count). The number of carbonyl (C=O) groups excluding carboxylic acids is 4. The summed E-state index contributed by atoms with van der Waals surface area (Å²) in [5.74, 6) is -5.81. The van der Waals surface area contributed by atoms with E-state index in [4.69, 9.17) is 33.3 Å². The van der Waals surface area contributed by atoms with E-state index in [0.29, 0.717) is 40.7 Å². The first-order valence-corrected chi connectivity index (χ1v) is 26.3. The molecule has 22 heteroatoms. The van der Waals surface area contributed by atoms with Gasteiger partial charge in [-0.15, -0.1) is 0 Å². The van der Waals surface area contributed by atoms with E-state index < -0.39 is 63.3 Å². The van der Waals surface area contributed by atoms with Crippen molar-refractivity contribution in [2.75, 3.05) is 55.9 Å². The van der Waals surface area contributed by atoms with Crippen LogP contribution in [0.4, 0.5) is 37.7 Å². The minimum atomic E-state index is -5.36. The lowest BCUT2D eigenvalue weighted by molar-refractivity contribution is -0.170.